The molecule has 0 amide bonds. The van der Waals surface area contributed by atoms with E-state index < -0.39 is 15.9 Å². The van der Waals surface area contributed by atoms with Gasteiger partial charge in [-0.3, -0.25) is 0 Å². The lowest BCUT2D eigenvalue weighted by molar-refractivity contribution is 0.142. The number of rotatable bonds is 4. The van der Waals surface area contributed by atoms with Gasteiger partial charge in [0.2, 0.25) is 0 Å². The van der Waals surface area contributed by atoms with Crippen LogP contribution in [0.2, 0.25) is 0 Å². The van der Waals surface area contributed by atoms with E-state index in [0.717, 1.165) is 6.42 Å². The Morgan fingerprint density at radius 2 is 2.08 bits per heavy atom. The van der Waals surface area contributed by atoms with E-state index in [-0.39, 0.29) is 5.75 Å². The van der Waals surface area contributed by atoms with Crippen molar-refractivity contribution in [2.75, 3.05) is 12.0 Å². The average Bonchev–Trinajstić information content (AvgIpc) is 2.60. The van der Waals surface area contributed by atoms with Gasteiger partial charge < -0.3 is 5.11 Å². The van der Waals surface area contributed by atoms with Crippen LogP contribution in [-0.2, 0) is 9.84 Å². The molecule has 12 heavy (non-hydrogen) atoms. The van der Waals surface area contributed by atoms with Gasteiger partial charge in [-0.25, -0.2) is 8.42 Å². The van der Waals surface area contributed by atoms with E-state index in [2.05, 4.69) is 6.92 Å². The monoisotopic (exact) mass is 192 g/mol. The molecule has 3 atom stereocenters. The van der Waals surface area contributed by atoms with E-state index in [1.807, 2.05) is 0 Å². The number of aliphatic hydroxyl groups is 1. The molecule has 72 valence electrons. The number of aliphatic hydroxyl groups excluding tert-OH is 1. The normalized spacial score (nSPS) is 31.6. The summed E-state index contributed by atoms with van der Waals surface area (Å²) in [6, 6.07) is 0. The van der Waals surface area contributed by atoms with Crippen molar-refractivity contribution in [3.63, 3.8) is 0 Å². The fourth-order valence-electron chi connectivity index (χ4n) is 1.44. The molecule has 0 radical (unpaired) electrons. The standard InChI is InChI=1S/C8H16O3S/c1-6-5-7(6)8(9)3-4-12(2,10)11/h6-9H,3-5H2,1-2H3. The molecule has 1 saturated carbocycles. The van der Waals surface area contributed by atoms with Crippen molar-refractivity contribution in [3.05, 3.63) is 0 Å². The zero-order chi connectivity index (χ0) is 9.35. The Hall–Kier alpha value is -0.0900. The summed E-state index contributed by atoms with van der Waals surface area (Å²) in [5, 5.41) is 9.46. The molecule has 0 heterocycles. The first-order chi connectivity index (χ1) is 5.40. The third kappa shape index (κ3) is 3.11. The van der Waals surface area contributed by atoms with Gasteiger partial charge in [0.05, 0.1) is 11.9 Å². The Bertz CT molecular complexity index is 245. The van der Waals surface area contributed by atoms with Crippen LogP contribution in [0.25, 0.3) is 0 Å². The predicted octanol–water partition coefficient (Wildman–Crippen LogP) is 0.438. The zero-order valence-electron chi connectivity index (χ0n) is 7.53. The summed E-state index contributed by atoms with van der Waals surface area (Å²) in [7, 11) is -2.90. The van der Waals surface area contributed by atoms with E-state index in [0.29, 0.717) is 18.3 Å². The summed E-state index contributed by atoms with van der Waals surface area (Å²) >= 11 is 0. The quantitative estimate of drug-likeness (QED) is 0.703. The lowest BCUT2D eigenvalue weighted by Gasteiger charge is -2.07. The molecule has 0 aromatic heterocycles. The van der Waals surface area contributed by atoms with E-state index in [4.69, 9.17) is 0 Å². The van der Waals surface area contributed by atoms with Crippen molar-refractivity contribution in [1.29, 1.82) is 0 Å². The minimum Gasteiger partial charge on any atom is -0.393 e. The van der Waals surface area contributed by atoms with Gasteiger partial charge in [-0.2, -0.15) is 0 Å². The maximum absolute atomic E-state index is 10.7. The molecule has 1 rings (SSSR count). The highest BCUT2D eigenvalue weighted by Gasteiger charge is 2.38. The fraction of sp³-hybridized carbons (Fsp3) is 1.00. The number of hydrogen-bond acceptors (Lipinski definition) is 3. The summed E-state index contributed by atoms with van der Waals surface area (Å²) in [6.45, 7) is 2.08. The van der Waals surface area contributed by atoms with Crippen molar-refractivity contribution < 1.29 is 13.5 Å². The molecule has 3 nitrogen and oxygen atoms in total. The lowest BCUT2D eigenvalue weighted by Crippen LogP contribution is -2.16. The van der Waals surface area contributed by atoms with Crippen LogP contribution in [0.4, 0.5) is 0 Å². The molecule has 3 unspecified atom stereocenters. The van der Waals surface area contributed by atoms with Crippen molar-refractivity contribution in [1.82, 2.24) is 0 Å². The smallest absolute Gasteiger partial charge is 0.147 e. The average molecular weight is 192 g/mol. The van der Waals surface area contributed by atoms with Gasteiger partial charge in [0.1, 0.15) is 9.84 Å². The van der Waals surface area contributed by atoms with Crippen LogP contribution in [0.1, 0.15) is 19.8 Å². The Labute approximate surface area is 73.7 Å². The van der Waals surface area contributed by atoms with Gasteiger partial charge in [0, 0.05) is 6.26 Å². The highest BCUT2D eigenvalue weighted by Crippen LogP contribution is 2.41. The molecule has 0 bridgehead atoms. The van der Waals surface area contributed by atoms with Crippen molar-refractivity contribution in [2.45, 2.75) is 25.9 Å². The molecule has 0 aromatic carbocycles. The molecule has 0 aliphatic heterocycles. The van der Waals surface area contributed by atoms with Gasteiger partial charge >= 0.3 is 0 Å². The summed E-state index contributed by atoms with van der Waals surface area (Å²) in [5.74, 6) is 1.04. The van der Waals surface area contributed by atoms with Gasteiger partial charge in [-0.05, 0) is 24.7 Å². The Morgan fingerprint density at radius 1 is 1.58 bits per heavy atom. The molecule has 0 aromatic rings. The third-order valence-corrected chi connectivity index (χ3v) is 3.43. The molecule has 1 N–H and O–H groups in total. The van der Waals surface area contributed by atoms with E-state index in [1.165, 1.54) is 6.26 Å². The van der Waals surface area contributed by atoms with Crippen LogP contribution in [0, 0.1) is 11.8 Å². The van der Waals surface area contributed by atoms with Crippen molar-refractivity contribution in [2.24, 2.45) is 11.8 Å². The van der Waals surface area contributed by atoms with Crippen molar-refractivity contribution in [3.8, 4) is 0 Å². The minimum atomic E-state index is -2.90. The summed E-state index contributed by atoms with van der Waals surface area (Å²) in [5.41, 5.74) is 0. The lowest BCUT2D eigenvalue weighted by atomic mass is 10.1. The van der Waals surface area contributed by atoms with Gasteiger partial charge in [0.25, 0.3) is 0 Å². The molecular formula is C8H16O3S. The van der Waals surface area contributed by atoms with Gasteiger partial charge in [0.15, 0.2) is 0 Å². The zero-order valence-corrected chi connectivity index (χ0v) is 8.34. The Kier molecular flexibility index (Phi) is 2.78. The van der Waals surface area contributed by atoms with E-state index in [9.17, 15) is 13.5 Å². The second-order valence-electron chi connectivity index (χ2n) is 3.86. The molecule has 1 fully saturated rings. The topological polar surface area (TPSA) is 54.4 Å². The van der Waals surface area contributed by atoms with Gasteiger partial charge in [-0.15, -0.1) is 0 Å². The molecule has 1 aliphatic rings. The van der Waals surface area contributed by atoms with Crippen LogP contribution in [0.3, 0.4) is 0 Å². The molecular weight excluding hydrogens is 176 g/mol. The summed E-state index contributed by atoms with van der Waals surface area (Å²) < 4.78 is 21.5. The molecule has 0 spiro atoms. The van der Waals surface area contributed by atoms with Crippen LogP contribution in [0.15, 0.2) is 0 Å². The van der Waals surface area contributed by atoms with Crippen LogP contribution in [-0.4, -0.2) is 31.6 Å². The summed E-state index contributed by atoms with van der Waals surface area (Å²) in [6.07, 6.45) is 2.24. The highest BCUT2D eigenvalue weighted by atomic mass is 32.2. The number of sulfone groups is 1. The Balaban J connectivity index is 2.24. The predicted molar refractivity (Wildman–Crippen MR) is 47.6 cm³/mol. The maximum atomic E-state index is 10.7. The van der Waals surface area contributed by atoms with E-state index in [1.54, 1.807) is 0 Å². The molecule has 4 heteroatoms. The summed E-state index contributed by atoms with van der Waals surface area (Å²) in [4.78, 5) is 0. The number of hydrogen-bond donors (Lipinski definition) is 1. The first-order valence-electron chi connectivity index (χ1n) is 4.26. The third-order valence-electron chi connectivity index (χ3n) is 2.45. The minimum absolute atomic E-state index is 0.109. The SMILES string of the molecule is CC1CC1C(O)CCS(C)(=O)=O. The van der Waals surface area contributed by atoms with Crippen LogP contribution < -0.4 is 0 Å². The second-order valence-corrected chi connectivity index (χ2v) is 6.12. The van der Waals surface area contributed by atoms with Gasteiger partial charge in [-0.1, -0.05) is 6.92 Å². The largest absolute Gasteiger partial charge is 0.393 e. The first kappa shape index (κ1) is 9.99. The molecule has 1 aliphatic carbocycles. The van der Waals surface area contributed by atoms with E-state index >= 15 is 0 Å². The first-order valence-corrected chi connectivity index (χ1v) is 6.32. The maximum Gasteiger partial charge on any atom is 0.147 e. The van der Waals surface area contributed by atoms with Crippen molar-refractivity contribution >= 4 is 9.84 Å². The van der Waals surface area contributed by atoms with Crippen LogP contribution in [0.5, 0.6) is 0 Å². The Morgan fingerprint density at radius 3 is 2.42 bits per heavy atom. The highest BCUT2D eigenvalue weighted by molar-refractivity contribution is 7.90. The molecule has 0 saturated heterocycles. The second kappa shape index (κ2) is 3.34. The van der Waals surface area contributed by atoms with Crippen LogP contribution >= 0.6 is 0 Å². The fourth-order valence-corrected chi connectivity index (χ4v) is 2.11.